The van der Waals surface area contributed by atoms with Crippen LogP contribution in [0.15, 0.2) is 12.1 Å². The van der Waals surface area contributed by atoms with E-state index in [9.17, 15) is 23.1 Å². The Morgan fingerprint density at radius 2 is 2.00 bits per heavy atom. The monoisotopic (exact) mass is 235 g/mol. The second-order valence-electron chi connectivity index (χ2n) is 2.95. The number of nitrogen functional groups attached to an aromatic ring is 1. The van der Waals surface area contributed by atoms with Crippen LogP contribution in [0.2, 0.25) is 0 Å². The Morgan fingerprint density at radius 3 is 2.38 bits per heavy atom. The van der Waals surface area contributed by atoms with Gasteiger partial charge in [-0.15, -0.1) is 0 Å². The number of esters is 1. The van der Waals surface area contributed by atoms with E-state index in [-0.39, 0.29) is 0 Å². The van der Waals surface area contributed by atoms with Crippen molar-refractivity contribution < 1.29 is 27.8 Å². The molecule has 0 saturated carbocycles. The Kier molecular flexibility index (Phi) is 2.97. The lowest BCUT2D eigenvalue weighted by Crippen LogP contribution is -2.10. The molecule has 0 fully saturated rings. The summed E-state index contributed by atoms with van der Waals surface area (Å²) >= 11 is 0. The van der Waals surface area contributed by atoms with Crippen molar-refractivity contribution in [1.82, 2.24) is 0 Å². The van der Waals surface area contributed by atoms with Crippen LogP contribution in [0, 0.1) is 0 Å². The number of carbonyl (C=O) groups excluding carboxylic acids is 1. The van der Waals surface area contributed by atoms with E-state index in [4.69, 9.17) is 5.73 Å². The lowest BCUT2D eigenvalue weighted by Gasteiger charge is -2.11. The molecule has 0 saturated heterocycles. The Hall–Kier alpha value is -1.92. The quantitative estimate of drug-likeness (QED) is 0.574. The van der Waals surface area contributed by atoms with Crippen LogP contribution in [-0.4, -0.2) is 18.2 Å². The lowest BCUT2D eigenvalue weighted by molar-refractivity contribution is -0.137. The van der Waals surface area contributed by atoms with Crippen molar-refractivity contribution >= 4 is 11.7 Å². The first kappa shape index (κ1) is 12.2. The number of nitrogens with two attached hydrogens (primary N) is 1. The van der Waals surface area contributed by atoms with E-state index in [1.54, 1.807) is 0 Å². The number of halogens is 3. The number of ether oxygens (including phenoxy) is 1. The van der Waals surface area contributed by atoms with Crippen LogP contribution >= 0.6 is 0 Å². The highest BCUT2D eigenvalue weighted by Crippen LogP contribution is 2.35. The molecule has 0 unspecified atom stereocenters. The maximum absolute atomic E-state index is 12.3. The topological polar surface area (TPSA) is 72.5 Å². The number of aromatic hydroxyl groups is 1. The molecule has 0 aliphatic carbocycles. The summed E-state index contributed by atoms with van der Waals surface area (Å²) in [6.07, 6.45) is -4.64. The molecule has 0 atom stereocenters. The zero-order valence-corrected chi connectivity index (χ0v) is 8.13. The van der Waals surface area contributed by atoms with Crippen molar-refractivity contribution in [3.63, 3.8) is 0 Å². The molecule has 4 nitrogen and oxygen atoms in total. The number of hydrogen-bond donors (Lipinski definition) is 2. The predicted octanol–water partition coefficient (Wildman–Crippen LogP) is 1.78. The summed E-state index contributed by atoms with van der Waals surface area (Å²) in [7, 11) is 1.03. The Balaban J connectivity index is 3.34. The average Bonchev–Trinajstić information content (AvgIpc) is 2.14. The van der Waals surface area contributed by atoms with Gasteiger partial charge in [0, 0.05) is 0 Å². The van der Waals surface area contributed by atoms with Gasteiger partial charge in [0.2, 0.25) is 0 Å². The number of methoxy groups -OCH3 is 1. The van der Waals surface area contributed by atoms with E-state index < -0.39 is 34.7 Å². The molecule has 0 radical (unpaired) electrons. The fraction of sp³-hybridized carbons (Fsp3) is 0.222. The van der Waals surface area contributed by atoms with E-state index in [0.717, 1.165) is 7.11 Å². The van der Waals surface area contributed by atoms with E-state index in [0.29, 0.717) is 12.1 Å². The molecule has 1 aromatic carbocycles. The molecule has 3 N–H and O–H groups in total. The van der Waals surface area contributed by atoms with Crippen LogP contribution in [0.25, 0.3) is 0 Å². The van der Waals surface area contributed by atoms with Gasteiger partial charge in [-0.2, -0.15) is 13.2 Å². The van der Waals surface area contributed by atoms with Crippen molar-refractivity contribution in [2.45, 2.75) is 6.18 Å². The number of anilines is 1. The van der Waals surface area contributed by atoms with Crippen LogP contribution in [-0.2, 0) is 10.9 Å². The van der Waals surface area contributed by atoms with Crippen molar-refractivity contribution in [3.05, 3.63) is 23.3 Å². The highest BCUT2D eigenvalue weighted by molar-refractivity contribution is 5.98. The Bertz CT molecular complexity index is 405. The molecule has 0 bridgehead atoms. The maximum Gasteiger partial charge on any atom is 0.416 e. The largest absolute Gasteiger partial charge is 0.507 e. The van der Waals surface area contributed by atoms with Gasteiger partial charge in [-0.3, -0.25) is 0 Å². The molecule has 1 rings (SSSR count). The lowest BCUT2D eigenvalue weighted by atomic mass is 10.1. The summed E-state index contributed by atoms with van der Waals surface area (Å²) in [5.41, 5.74) is 3.14. The van der Waals surface area contributed by atoms with Gasteiger partial charge in [0.15, 0.2) is 0 Å². The minimum atomic E-state index is -4.64. The molecular formula is C9H8F3NO3. The number of alkyl halides is 3. The summed E-state index contributed by atoms with van der Waals surface area (Å²) in [4.78, 5) is 11.1. The van der Waals surface area contributed by atoms with Gasteiger partial charge < -0.3 is 15.6 Å². The fourth-order valence-corrected chi connectivity index (χ4v) is 1.14. The van der Waals surface area contributed by atoms with Crippen molar-refractivity contribution in [3.8, 4) is 5.75 Å². The molecule has 1 aromatic rings. The average molecular weight is 235 g/mol. The number of rotatable bonds is 1. The van der Waals surface area contributed by atoms with Gasteiger partial charge in [-0.05, 0) is 12.1 Å². The zero-order valence-electron chi connectivity index (χ0n) is 8.13. The maximum atomic E-state index is 12.3. The third-order valence-corrected chi connectivity index (χ3v) is 1.86. The normalized spacial score (nSPS) is 11.2. The Labute approximate surface area is 88.4 Å². The highest BCUT2D eigenvalue weighted by atomic mass is 19.4. The first-order valence-electron chi connectivity index (χ1n) is 4.05. The van der Waals surface area contributed by atoms with E-state index in [1.165, 1.54) is 0 Å². The molecule has 0 aliphatic heterocycles. The summed E-state index contributed by atoms with van der Waals surface area (Å²) in [6, 6.07) is 0.981. The van der Waals surface area contributed by atoms with E-state index in [2.05, 4.69) is 4.74 Å². The van der Waals surface area contributed by atoms with Crippen LogP contribution < -0.4 is 5.73 Å². The van der Waals surface area contributed by atoms with Crippen molar-refractivity contribution in [2.75, 3.05) is 12.8 Å². The molecule has 16 heavy (non-hydrogen) atoms. The molecule has 0 amide bonds. The first-order chi connectivity index (χ1) is 7.27. The van der Waals surface area contributed by atoms with Crippen LogP contribution in [0.3, 0.4) is 0 Å². The second kappa shape index (κ2) is 3.92. The molecule has 88 valence electrons. The molecule has 0 aliphatic rings. The van der Waals surface area contributed by atoms with Gasteiger partial charge >= 0.3 is 12.1 Å². The molecule has 0 heterocycles. The summed E-state index contributed by atoms with van der Waals surface area (Å²) in [5, 5.41) is 9.26. The van der Waals surface area contributed by atoms with Crippen LogP contribution in [0.5, 0.6) is 5.75 Å². The van der Waals surface area contributed by atoms with E-state index in [1.807, 2.05) is 0 Å². The van der Waals surface area contributed by atoms with Crippen molar-refractivity contribution in [1.29, 1.82) is 0 Å². The highest BCUT2D eigenvalue weighted by Gasteiger charge is 2.33. The number of carbonyl (C=O) groups is 1. The summed E-state index contributed by atoms with van der Waals surface area (Å²) < 4.78 is 41.1. The van der Waals surface area contributed by atoms with Gasteiger partial charge in [-0.25, -0.2) is 4.79 Å². The van der Waals surface area contributed by atoms with Gasteiger partial charge in [-0.1, -0.05) is 0 Å². The standard InChI is InChI=1S/C9H8F3NO3/c1-16-8(15)7-5(13)2-4(3-6(7)14)9(10,11)12/h2-3,14H,13H2,1H3. The number of phenolic OH excluding ortho intramolecular Hbond substituents is 1. The zero-order chi connectivity index (χ0) is 12.5. The SMILES string of the molecule is COC(=O)c1c(N)cc(C(F)(F)F)cc1O. The van der Waals surface area contributed by atoms with Crippen molar-refractivity contribution in [2.24, 2.45) is 0 Å². The minimum Gasteiger partial charge on any atom is -0.507 e. The van der Waals surface area contributed by atoms with Gasteiger partial charge in [0.05, 0.1) is 18.4 Å². The molecular weight excluding hydrogens is 227 g/mol. The number of hydrogen-bond acceptors (Lipinski definition) is 4. The third-order valence-electron chi connectivity index (χ3n) is 1.86. The second-order valence-corrected chi connectivity index (χ2v) is 2.95. The fourth-order valence-electron chi connectivity index (χ4n) is 1.14. The van der Waals surface area contributed by atoms with Gasteiger partial charge in [0.25, 0.3) is 0 Å². The Morgan fingerprint density at radius 1 is 1.44 bits per heavy atom. The molecule has 0 spiro atoms. The third kappa shape index (κ3) is 2.18. The predicted molar refractivity (Wildman–Crippen MR) is 48.9 cm³/mol. The molecule has 0 aromatic heterocycles. The number of benzene rings is 1. The number of phenols is 1. The van der Waals surface area contributed by atoms with E-state index >= 15 is 0 Å². The van der Waals surface area contributed by atoms with Crippen LogP contribution in [0.1, 0.15) is 15.9 Å². The summed E-state index contributed by atoms with van der Waals surface area (Å²) in [5.74, 6) is -1.86. The summed E-state index contributed by atoms with van der Waals surface area (Å²) in [6.45, 7) is 0. The minimum absolute atomic E-state index is 0.419. The first-order valence-corrected chi connectivity index (χ1v) is 4.05. The molecule has 7 heteroatoms. The smallest absolute Gasteiger partial charge is 0.416 e. The van der Waals surface area contributed by atoms with Gasteiger partial charge in [0.1, 0.15) is 11.3 Å². The van der Waals surface area contributed by atoms with Crippen LogP contribution in [0.4, 0.5) is 18.9 Å².